The van der Waals surface area contributed by atoms with Gasteiger partial charge in [-0.05, 0) is 30.0 Å². The van der Waals surface area contributed by atoms with Gasteiger partial charge in [0.05, 0.1) is 19.8 Å². The highest BCUT2D eigenvalue weighted by atomic mass is 127. The second-order valence-corrected chi connectivity index (χ2v) is 7.01. The van der Waals surface area contributed by atoms with Crippen LogP contribution in [0, 0.1) is 0 Å². The van der Waals surface area contributed by atoms with Crippen molar-refractivity contribution in [3.63, 3.8) is 0 Å². The molecule has 2 aromatic rings. The summed E-state index contributed by atoms with van der Waals surface area (Å²) in [6.07, 6.45) is 0.985. The summed E-state index contributed by atoms with van der Waals surface area (Å²) in [6, 6.07) is 19.2. The van der Waals surface area contributed by atoms with Gasteiger partial charge in [-0.3, -0.25) is 4.90 Å². The Bertz CT molecular complexity index is 733. The predicted molar refractivity (Wildman–Crippen MR) is 131 cm³/mol. The molecule has 0 radical (unpaired) electrons. The van der Waals surface area contributed by atoms with E-state index in [9.17, 15) is 0 Å². The lowest BCUT2D eigenvalue weighted by molar-refractivity contribution is 0.0341. The van der Waals surface area contributed by atoms with Crippen molar-refractivity contribution in [2.75, 3.05) is 39.4 Å². The van der Waals surface area contributed by atoms with Gasteiger partial charge in [0.1, 0.15) is 0 Å². The molecule has 1 aliphatic rings. The summed E-state index contributed by atoms with van der Waals surface area (Å²) in [5.74, 6) is 0.875. The maximum Gasteiger partial charge on any atom is 0.191 e. The second-order valence-electron chi connectivity index (χ2n) is 7.01. The van der Waals surface area contributed by atoms with Crippen LogP contribution >= 0.6 is 24.0 Å². The number of morpholine rings is 1. The lowest BCUT2D eigenvalue weighted by Crippen LogP contribution is -2.38. The zero-order valence-corrected chi connectivity index (χ0v) is 19.6. The highest BCUT2D eigenvalue weighted by Crippen LogP contribution is 2.14. The highest BCUT2D eigenvalue weighted by Gasteiger charge is 2.12. The Morgan fingerprint density at radius 1 is 0.966 bits per heavy atom. The zero-order chi connectivity index (χ0) is 19.4. The summed E-state index contributed by atoms with van der Waals surface area (Å²) < 4.78 is 5.46. The summed E-state index contributed by atoms with van der Waals surface area (Å²) >= 11 is 0. The van der Waals surface area contributed by atoms with Gasteiger partial charge in [0.25, 0.3) is 0 Å². The first-order chi connectivity index (χ1) is 13.8. The van der Waals surface area contributed by atoms with Gasteiger partial charge in [-0.15, -0.1) is 24.0 Å². The maximum atomic E-state index is 5.46. The molecule has 1 fully saturated rings. The van der Waals surface area contributed by atoms with Gasteiger partial charge in [0.2, 0.25) is 0 Å². The SMILES string of the molecule is CCNC(=NCc1ccccc1CN1CCOCC1)NCCc1ccccc1.I. The topological polar surface area (TPSA) is 48.9 Å². The van der Waals surface area contributed by atoms with E-state index in [0.717, 1.165) is 58.3 Å². The number of nitrogens with zero attached hydrogens (tertiary/aromatic N) is 2. The summed E-state index contributed by atoms with van der Waals surface area (Å²) in [5, 5.41) is 6.80. The molecule has 1 saturated heterocycles. The van der Waals surface area contributed by atoms with E-state index in [1.165, 1.54) is 16.7 Å². The average molecular weight is 508 g/mol. The molecule has 6 heteroatoms. The van der Waals surface area contributed by atoms with E-state index in [0.29, 0.717) is 6.54 Å². The Morgan fingerprint density at radius 3 is 2.38 bits per heavy atom. The lowest BCUT2D eigenvalue weighted by Gasteiger charge is -2.27. The molecule has 1 heterocycles. The molecule has 29 heavy (non-hydrogen) atoms. The molecule has 0 spiro atoms. The van der Waals surface area contributed by atoms with Crippen LogP contribution in [0.3, 0.4) is 0 Å². The van der Waals surface area contributed by atoms with Crippen LogP contribution < -0.4 is 10.6 Å². The Kier molecular flexibility index (Phi) is 11.1. The number of guanidine groups is 1. The van der Waals surface area contributed by atoms with Crippen molar-refractivity contribution in [1.82, 2.24) is 15.5 Å². The number of hydrogen-bond acceptors (Lipinski definition) is 3. The van der Waals surface area contributed by atoms with E-state index in [-0.39, 0.29) is 24.0 Å². The van der Waals surface area contributed by atoms with E-state index in [1.54, 1.807) is 0 Å². The molecular formula is C23H33IN4O. The van der Waals surface area contributed by atoms with Crippen molar-refractivity contribution in [3.8, 4) is 0 Å². The van der Waals surface area contributed by atoms with Crippen LogP contribution in [0.25, 0.3) is 0 Å². The van der Waals surface area contributed by atoms with Gasteiger partial charge in [-0.25, -0.2) is 4.99 Å². The third kappa shape index (κ3) is 8.32. The second kappa shape index (κ2) is 13.6. The molecule has 0 unspecified atom stereocenters. The van der Waals surface area contributed by atoms with E-state index in [2.05, 4.69) is 77.1 Å². The minimum Gasteiger partial charge on any atom is -0.379 e. The van der Waals surface area contributed by atoms with Crippen LogP contribution in [0.5, 0.6) is 0 Å². The smallest absolute Gasteiger partial charge is 0.191 e. The number of aliphatic imine (C=N–C) groups is 1. The van der Waals surface area contributed by atoms with Crippen LogP contribution in [0.4, 0.5) is 0 Å². The number of halogens is 1. The number of rotatable bonds is 8. The van der Waals surface area contributed by atoms with Crippen LogP contribution in [0.15, 0.2) is 59.6 Å². The Balaban J connectivity index is 0.00000300. The van der Waals surface area contributed by atoms with Gasteiger partial charge in [-0.1, -0.05) is 54.6 Å². The van der Waals surface area contributed by atoms with E-state index in [1.807, 2.05) is 0 Å². The van der Waals surface area contributed by atoms with Crippen molar-refractivity contribution < 1.29 is 4.74 Å². The zero-order valence-electron chi connectivity index (χ0n) is 17.3. The molecule has 0 saturated carbocycles. The van der Waals surface area contributed by atoms with Crippen LogP contribution in [-0.2, 0) is 24.2 Å². The van der Waals surface area contributed by atoms with Gasteiger partial charge in [0, 0.05) is 32.7 Å². The lowest BCUT2D eigenvalue weighted by atomic mass is 10.1. The Hall–Kier alpha value is -1.64. The van der Waals surface area contributed by atoms with Crippen molar-refractivity contribution in [1.29, 1.82) is 0 Å². The summed E-state index contributed by atoms with van der Waals surface area (Å²) in [4.78, 5) is 7.27. The van der Waals surface area contributed by atoms with Crippen molar-refractivity contribution in [2.24, 2.45) is 4.99 Å². The van der Waals surface area contributed by atoms with Gasteiger partial charge < -0.3 is 15.4 Å². The minimum absolute atomic E-state index is 0. The van der Waals surface area contributed by atoms with E-state index < -0.39 is 0 Å². The maximum absolute atomic E-state index is 5.46. The fourth-order valence-corrected chi connectivity index (χ4v) is 3.34. The van der Waals surface area contributed by atoms with E-state index in [4.69, 9.17) is 9.73 Å². The first-order valence-corrected chi connectivity index (χ1v) is 10.3. The molecule has 1 aliphatic heterocycles. The molecule has 0 aromatic heterocycles. The summed E-state index contributed by atoms with van der Waals surface area (Å²) in [6.45, 7) is 9.13. The van der Waals surface area contributed by atoms with Crippen molar-refractivity contribution >= 4 is 29.9 Å². The number of nitrogens with one attached hydrogen (secondary N) is 2. The Labute approximate surface area is 192 Å². The van der Waals surface area contributed by atoms with Gasteiger partial charge in [0.15, 0.2) is 5.96 Å². The fraction of sp³-hybridized carbons (Fsp3) is 0.435. The normalized spacial score (nSPS) is 14.9. The molecule has 0 atom stereocenters. The molecule has 2 N–H and O–H groups in total. The Morgan fingerprint density at radius 2 is 1.66 bits per heavy atom. The van der Waals surface area contributed by atoms with Crippen LogP contribution in [-0.4, -0.2) is 50.3 Å². The minimum atomic E-state index is 0. The van der Waals surface area contributed by atoms with Crippen molar-refractivity contribution in [2.45, 2.75) is 26.4 Å². The van der Waals surface area contributed by atoms with Crippen LogP contribution in [0.1, 0.15) is 23.6 Å². The van der Waals surface area contributed by atoms with Gasteiger partial charge in [-0.2, -0.15) is 0 Å². The molecule has 2 aromatic carbocycles. The van der Waals surface area contributed by atoms with E-state index >= 15 is 0 Å². The van der Waals surface area contributed by atoms with Crippen LogP contribution in [0.2, 0.25) is 0 Å². The summed E-state index contributed by atoms with van der Waals surface area (Å²) in [5.41, 5.74) is 3.98. The predicted octanol–water partition coefficient (Wildman–Crippen LogP) is 3.43. The van der Waals surface area contributed by atoms with Crippen molar-refractivity contribution in [3.05, 3.63) is 71.3 Å². The molecule has 0 bridgehead atoms. The third-order valence-corrected chi connectivity index (χ3v) is 4.92. The molecule has 5 nitrogen and oxygen atoms in total. The molecule has 3 rings (SSSR count). The highest BCUT2D eigenvalue weighted by molar-refractivity contribution is 14.0. The third-order valence-electron chi connectivity index (χ3n) is 4.92. The molecular weight excluding hydrogens is 475 g/mol. The monoisotopic (exact) mass is 508 g/mol. The number of benzene rings is 2. The molecule has 0 amide bonds. The first kappa shape index (κ1) is 23.6. The summed E-state index contributed by atoms with van der Waals surface area (Å²) in [7, 11) is 0. The number of hydrogen-bond donors (Lipinski definition) is 2. The number of ether oxygens (including phenoxy) is 1. The fourth-order valence-electron chi connectivity index (χ4n) is 3.34. The largest absolute Gasteiger partial charge is 0.379 e. The molecule has 0 aliphatic carbocycles. The van der Waals surface area contributed by atoms with Gasteiger partial charge >= 0.3 is 0 Å². The average Bonchev–Trinajstić information content (AvgIpc) is 2.74. The standard InChI is InChI=1S/C23H32N4O.HI/c1-2-24-23(25-13-12-20-8-4-3-5-9-20)26-18-21-10-6-7-11-22(21)19-27-14-16-28-17-15-27;/h3-11H,2,12-19H2,1H3,(H2,24,25,26);1H. The quantitative estimate of drug-likeness (QED) is 0.326. The molecule has 158 valence electrons. The first-order valence-electron chi connectivity index (χ1n) is 10.3.